The Hall–Kier alpha value is -0.710. The quantitative estimate of drug-likeness (QED) is 0.815. The van der Waals surface area contributed by atoms with E-state index in [4.69, 9.17) is 16.7 Å². The van der Waals surface area contributed by atoms with Crippen LogP contribution in [-0.2, 0) is 6.54 Å². The minimum Gasteiger partial charge on any atom is -0.395 e. The van der Waals surface area contributed by atoms with Gasteiger partial charge in [0.2, 0.25) is 0 Å². The molecule has 17 heavy (non-hydrogen) atoms. The van der Waals surface area contributed by atoms with Gasteiger partial charge < -0.3 is 5.11 Å². The monoisotopic (exact) mass is 255 g/mol. The van der Waals surface area contributed by atoms with Crippen molar-refractivity contribution in [3.8, 4) is 0 Å². The second-order valence-corrected chi connectivity index (χ2v) is 4.91. The second-order valence-electron chi connectivity index (χ2n) is 4.53. The van der Waals surface area contributed by atoms with Crippen molar-refractivity contribution < 1.29 is 5.11 Å². The van der Waals surface area contributed by atoms with Crippen LogP contribution in [0.2, 0.25) is 5.15 Å². The molecule has 4 nitrogen and oxygen atoms in total. The van der Waals surface area contributed by atoms with Crippen LogP contribution in [0.4, 0.5) is 0 Å². The number of halogens is 1. The average molecular weight is 256 g/mol. The van der Waals surface area contributed by atoms with E-state index < -0.39 is 0 Å². The highest BCUT2D eigenvalue weighted by atomic mass is 35.5. The van der Waals surface area contributed by atoms with E-state index in [0.29, 0.717) is 24.3 Å². The molecule has 5 heteroatoms. The van der Waals surface area contributed by atoms with Gasteiger partial charge in [0.15, 0.2) is 0 Å². The third-order valence-electron chi connectivity index (χ3n) is 3.19. The van der Waals surface area contributed by atoms with Gasteiger partial charge >= 0.3 is 0 Å². The molecule has 0 unspecified atom stereocenters. The lowest BCUT2D eigenvalue weighted by atomic mass is 9.91. The minimum absolute atomic E-state index is 0.177. The summed E-state index contributed by atoms with van der Waals surface area (Å²) in [7, 11) is 0. The van der Waals surface area contributed by atoms with Crippen molar-refractivity contribution in [1.29, 1.82) is 0 Å². The van der Waals surface area contributed by atoms with E-state index in [-0.39, 0.29) is 6.61 Å². The largest absolute Gasteiger partial charge is 0.395 e. The molecule has 0 atom stereocenters. The van der Waals surface area contributed by atoms with Gasteiger partial charge in [-0.2, -0.15) is 0 Å². The lowest BCUT2D eigenvalue weighted by Crippen LogP contribution is -2.41. The Morgan fingerprint density at radius 2 is 2.24 bits per heavy atom. The SMILES string of the molecule is Cc1cc(Cl)nc(CN(CCO)C2CCC2)n1. The molecule has 94 valence electrons. The number of aromatic nitrogens is 2. The Morgan fingerprint density at radius 1 is 1.47 bits per heavy atom. The maximum atomic E-state index is 9.08. The Bertz CT molecular complexity index is 362. The normalized spacial score (nSPS) is 16.2. The van der Waals surface area contributed by atoms with E-state index in [9.17, 15) is 0 Å². The predicted molar refractivity (Wildman–Crippen MR) is 66.9 cm³/mol. The first-order valence-corrected chi connectivity index (χ1v) is 6.42. The molecule has 1 N–H and O–H groups in total. The average Bonchev–Trinajstić information content (AvgIpc) is 2.13. The standard InChI is InChI=1S/C12H18ClN3O/c1-9-7-11(13)15-12(14-9)8-16(5-6-17)10-3-2-4-10/h7,10,17H,2-6,8H2,1H3. The summed E-state index contributed by atoms with van der Waals surface area (Å²) in [6, 6.07) is 2.33. The maximum absolute atomic E-state index is 9.08. The van der Waals surface area contributed by atoms with Gasteiger partial charge in [0, 0.05) is 18.3 Å². The Labute approximate surface area is 107 Å². The van der Waals surface area contributed by atoms with E-state index in [2.05, 4.69) is 14.9 Å². The summed E-state index contributed by atoms with van der Waals surface area (Å²) >= 11 is 5.92. The number of nitrogens with zero attached hydrogens (tertiary/aromatic N) is 3. The Morgan fingerprint density at radius 3 is 2.76 bits per heavy atom. The van der Waals surface area contributed by atoms with Gasteiger partial charge in [-0.15, -0.1) is 0 Å². The van der Waals surface area contributed by atoms with Crippen LogP contribution in [0.1, 0.15) is 30.8 Å². The molecule has 2 rings (SSSR count). The molecular weight excluding hydrogens is 238 g/mol. The van der Waals surface area contributed by atoms with Gasteiger partial charge in [0.05, 0.1) is 13.2 Å². The molecule has 0 radical (unpaired) electrons. The Balaban J connectivity index is 2.05. The van der Waals surface area contributed by atoms with Crippen LogP contribution < -0.4 is 0 Å². The number of hydrogen-bond acceptors (Lipinski definition) is 4. The molecule has 1 aromatic rings. The van der Waals surface area contributed by atoms with Gasteiger partial charge in [0.25, 0.3) is 0 Å². The number of aliphatic hydroxyl groups excluding tert-OH is 1. The first-order chi connectivity index (χ1) is 8.19. The van der Waals surface area contributed by atoms with Crippen molar-refractivity contribution in [2.24, 2.45) is 0 Å². The fourth-order valence-corrected chi connectivity index (χ4v) is 2.37. The number of aryl methyl sites for hydroxylation is 1. The predicted octanol–water partition coefficient (Wildman–Crippen LogP) is 1.79. The van der Waals surface area contributed by atoms with Gasteiger partial charge in [-0.05, 0) is 25.8 Å². The smallest absolute Gasteiger partial charge is 0.144 e. The molecule has 0 bridgehead atoms. The molecule has 1 fully saturated rings. The zero-order valence-corrected chi connectivity index (χ0v) is 10.8. The highest BCUT2D eigenvalue weighted by molar-refractivity contribution is 6.29. The molecule has 1 saturated carbocycles. The highest BCUT2D eigenvalue weighted by Crippen LogP contribution is 2.25. The molecular formula is C12H18ClN3O. The van der Waals surface area contributed by atoms with Crippen molar-refractivity contribution in [2.45, 2.75) is 38.8 Å². The third kappa shape index (κ3) is 3.37. The number of aliphatic hydroxyl groups is 1. The summed E-state index contributed by atoms with van der Waals surface area (Å²) in [5.41, 5.74) is 0.887. The van der Waals surface area contributed by atoms with E-state index in [1.807, 2.05) is 6.92 Å². The number of rotatable bonds is 5. The summed E-state index contributed by atoms with van der Waals surface area (Å²) in [6.07, 6.45) is 3.70. The summed E-state index contributed by atoms with van der Waals surface area (Å²) in [5, 5.41) is 9.57. The van der Waals surface area contributed by atoms with Gasteiger partial charge in [-0.3, -0.25) is 4.90 Å². The fraction of sp³-hybridized carbons (Fsp3) is 0.667. The molecule has 0 aromatic carbocycles. The maximum Gasteiger partial charge on any atom is 0.144 e. The first-order valence-electron chi connectivity index (χ1n) is 6.04. The second kappa shape index (κ2) is 5.76. The van der Waals surface area contributed by atoms with E-state index >= 15 is 0 Å². The zero-order valence-electron chi connectivity index (χ0n) is 10.1. The van der Waals surface area contributed by atoms with Crippen LogP contribution in [0, 0.1) is 6.92 Å². The summed E-state index contributed by atoms with van der Waals surface area (Å²) in [6.45, 7) is 3.44. The molecule has 0 saturated heterocycles. The summed E-state index contributed by atoms with van der Waals surface area (Å²) < 4.78 is 0. The van der Waals surface area contributed by atoms with E-state index in [1.54, 1.807) is 6.07 Å². The minimum atomic E-state index is 0.177. The lowest BCUT2D eigenvalue weighted by Gasteiger charge is -2.36. The molecule has 0 aliphatic heterocycles. The van der Waals surface area contributed by atoms with Crippen LogP contribution >= 0.6 is 11.6 Å². The van der Waals surface area contributed by atoms with Crippen LogP contribution in [0.25, 0.3) is 0 Å². The highest BCUT2D eigenvalue weighted by Gasteiger charge is 2.25. The Kier molecular flexibility index (Phi) is 4.31. The molecule has 1 aromatic heterocycles. The summed E-state index contributed by atoms with van der Waals surface area (Å²) in [4.78, 5) is 10.9. The molecule has 1 aliphatic rings. The van der Waals surface area contributed by atoms with Crippen molar-refractivity contribution in [3.63, 3.8) is 0 Å². The first kappa shape index (κ1) is 12.7. The van der Waals surface area contributed by atoms with Crippen LogP contribution in [-0.4, -0.2) is 39.2 Å². The van der Waals surface area contributed by atoms with Crippen LogP contribution in [0.3, 0.4) is 0 Å². The summed E-state index contributed by atoms with van der Waals surface area (Å²) in [5.74, 6) is 0.746. The molecule has 0 spiro atoms. The van der Waals surface area contributed by atoms with E-state index in [1.165, 1.54) is 19.3 Å². The van der Waals surface area contributed by atoms with Gasteiger partial charge in [-0.25, -0.2) is 9.97 Å². The topological polar surface area (TPSA) is 49.2 Å². The molecule has 1 heterocycles. The van der Waals surface area contributed by atoms with Gasteiger partial charge in [-0.1, -0.05) is 18.0 Å². The van der Waals surface area contributed by atoms with Crippen LogP contribution in [0.15, 0.2) is 6.07 Å². The van der Waals surface area contributed by atoms with Crippen molar-refractivity contribution in [3.05, 3.63) is 22.7 Å². The number of hydrogen-bond donors (Lipinski definition) is 1. The van der Waals surface area contributed by atoms with E-state index in [0.717, 1.165) is 11.5 Å². The zero-order chi connectivity index (χ0) is 12.3. The van der Waals surface area contributed by atoms with Crippen molar-refractivity contribution in [2.75, 3.05) is 13.2 Å². The van der Waals surface area contributed by atoms with Crippen molar-refractivity contribution in [1.82, 2.24) is 14.9 Å². The van der Waals surface area contributed by atoms with Gasteiger partial charge in [0.1, 0.15) is 11.0 Å². The van der Waals surface area contributed by atoms with Crippen molar-refractivity contribution >= 4 is 11.6 Å². The van der Waals surface area contributed by atoms with Crippen LogP contribution in [0.5, 0.6) is 0 Å². The lowest BCUT2D eigenvalue weighted by molar-refractivity contribution is 0.0920. The molecule has 1 aliphatic carbocycles. The fourth-order valence-electron chi connectivity index (χ4n) is 2.11. The third-order valence-corrected chi connectivity index (χ3v) is 3.39. The molecule has 0 amide bonds.